The largest absolute Gasteiger partial charge is 0.313 e. The number of halogens is 2. The zero-order valence-corrected chi connectivity index (χ0v) is 12.8. The fraction of sp³-hybridized carbons (Fsp3) is 0.364. The lowest BCUT2D eigenvalue weighted by molar-refractivity contribution is 0.601. The molecule has 0 bridgehead atoms. The number of hydrogen-bond acceptors (Lipinski definition) is 4. The average molecular weight is 337 g/mol. The smallest absolute Gasteiger partial charge is 0.161 e. The minimum atomic E-state index is -3.04. The maximum absolute atomic E-state index is 11.7. The Labute approximate surface area is 125 Å². The molecule has 2 fully saturated rings. The van der Waals surface area contributed by atoms with Gasteiger partial charge in [0.25, 0.3) is 0 Å². The first-order valence-corrected chi connectivity index (χ1v) is 9.03. The van der Waals surface area contributed by atoms with Crippen LogP contribution in [0.3, 0.4) is 0 Å². The van der Waals surface area contributed by atoms with E-state index in [0.29, 0.717) is 20.9 Å². The Bertz CT molecular complexity index is 642. The van der Waals surface area contributed by atoms with Crippen molar-refractivity contribution >= 4 is 55.7 Å². The van der Waals surface area contributed by atoms with Gasteiger partial charge in [0.2, 0.25) is 0 Å². The maximum Gasteiger partial charge on any atom is 0.161 e. The summed E-state index contributed by atoms with van der Waals surface area (Å²) in [6.07, 6.45) is 0. The number of benzene rings is 1. The van der Waals surface area contributed by atoms with E-state index in [4.69, 9.17) is 28.6 Å². The fourth-order valence-corrected chi connectivity index (χ4v) is 6.85. The number of nitrogens with one attached hydrogen (secondary N) is 1. The predicted molar refractivity (Wildman–Crippen MR) is 80.5 cm³/mol. The molecular weight excluding hydrogens is 327 g/mol. The van der Waals surface area contributed by atoms with Gasteiger partial charge in [-0.2, -0.15) is 0 Å². The molecule has 1 aromatic rings. The predicted octanol–water partition coefficient (Wildman–Crippen LogP) is 2.65. The lowest BCUT2D eigenvalue weighted by atomic mass is 10.2. The van der Waals surface area contributed by atoms with Crippen molar-refractivity contribution in [1.82, 2.24) is 0 Å². The van der Waals surface area contributed by atoms with E-state index in [9.17, 15) is 8.42 Å². The van der Waals surface area contributed by atoms with Crippen LogP contribution in [0.1, 0.15) is 0 Å². The fourth-order valence-electron chi connectivity index (χ4n) is 2.49. The van der Waals surface area contributed by atoms with Gasteiger partial charge < -0.3 is 4.90 Å². The molecule has 2 aliphatic rings. The molecule has 0 saturated carbocycles. The van der Waals surface area contributed by atoms with Crippen LogP contribution in [-0.4, -0.2) is 36.4 Å². The van der Waals surface area contributed by atoms with E-state index < -0.39 is 9.84 Å². The van der Waals surface area contributed by atoms with Crippen LogP contribution in [-0.2, 0) is 9.84 Å². The Hall–Kier alpha value is -0.430. The van der Waals surface area contributed by atoms with Gasteiger partial charge >= 0.3 is 0 Å². The van der Waals surface area contributed by atoms with E-state index in [1.165, 1.54) is 11.8 Å². The van der Waals surface area contributed by atoms with Gasteiger partial charge in [-0.3, -0.25) is 5.41 Å². The third kappa shape index (κ3) is 2.24. The summed E-state index contributed by atoms with van der Waals surface area (Å²) in [7, 11) is -3.04. The topological polar surface area (TPSA) is 61.2 Å². The SMILES string of the molecule is N=C1S[C@@H]2CS(=O)(=O)C[C@H]2N1c1c(Cl)cccc1Cl. The molecule has 0 radical (unpaired) electrons. The van der Waals surface area contributed by atoms with E-state index in [-0.39, 0.29) is 22.8 Å². The molecule has 1 N–H and O–H groups in total. The number of para-hydroxylation sites is 1. The van der Waals surface area contributed by atoms with Crippen molar-refractivity contribution in [2.45, 2.75) is 11.3 Å². The van der Waals surface area contributed by atoms with Crippen LogP contribution in [0, 0.1) is 5.41 Å². The maximum atomic E-state index is 11.7. The number of thioether (sulfide) groups is 1. The Balaban J connectivity index is 2.07. The van der Waals surface area contributed by atoms with Gasteiger partial charge in [0.1, 0.15) is 0 Å². The summed E-state index contributed by atoms with van der Waals surface area (Å²) < 4.78 is 23.4. The van der Waals surface area contributed by atoms with E-state index in [1.807, 2.05) is 0 Å². The molecule has 0 amide bonds. The summed E-state index contributed by atoms with van der Waals surface area (Å²) in [4.78, 5) is 1.66. The van der Waals surface area contributed by atoms with Crippen LogP contribution < -0.4 is 4.90 Å². The quantitative estimate of drug-likeness (QED) is 0.856. The van der Waals surface area contributed by atoms with Gasteiger partial charge in [-0.1, -0.05) is 41.0 Å². The molecule has 0 aliphatic carbocycles. The van der Waals surface area contributed by atoms with Gasteiger partial charge in [0, 0.05) is 5.25 Å². The van der Waals surface area contributed by atoms with Gasteiger partial charge in [-0.15, -0.1) is 0 Å². The zero-order chi connectivity index (χ0) is 13.8. The van der Waals surface area contributed by atoms with Crippen molar-refractivity contribution in [2.75, 3.05) is 16.4 Å². The summed E-state index contributed by atoms with van der Waals surface area (Å²) >= 11 is 13.6. The first kappa shape index (κ1) is 13.5. The van der Waals surface area contributed by atoms with E-state index in [2.05, 4.69) is 0 Å². The molecule has 4 nitrogen and oxygen atoms in total. The molecule has 1 aromatic carbocycles. The van der Waals surface area contributed by atoms with Crippen molar-refractivity contribution in [1.29, 1.82) is 5.41 Å². The van der Waals surface area contributed by atoms with Crippen LogP contribution in [0.5, 0.6) is 0 Å². The molecule has 2 saturated heterocycles. The van der Waals surface area contributed by atoms with Crippen molar-refractivity contribution in [2.24, 2.45) is 0 Å². The highest BCUT2D eigenvalue weighted by molar-refractivity contribution is 8.15. The van der Waals surface area contributed by atoms with Gasteiger partial charge in [0.05, 0.1) is 33.3 Å². The number of amidine groups is 1. The average Bonchev–Trinajstić information content (AvgIpc) is 2.71. The highest BCUT2D eigenvalue weighted by atomic mass is 35.5. The Morgan fingerprint density at radius 3 is 2.53 bits per heavy atom. The lowest BCUT2D eigenvalue weighted by Crippen LogP contribution is -2.37. The third-order valence-corrected chi connectivity index (χ3v) is 7.00. The number of rotatable bonds is 1. The van der Waals surface area contributed by atoms with Crippen molar-refractivity contribution in [3.63, 3.8) is 0 Å². The minimum Gasteiger partial charge on any atom is -0.313 e. The summed E-state index contributed by atoms with van der Waals surface area (Å²) in [6.45, 7) is 0. The first-order chi connectivity index (χ1) is 8.89. The standard InChI is InChI=1S/C11H10Cl2N2O2S2/c12-6-2-1-3-7(13)10(6)15-8-4-19(16,17)5-9(8)18-11(15)14/h1-3,8-9,14H,4-5H2/t8-,9-/m1/s1. The number of anilines is 1. The molecule has 0 spiro atoms. The third-order valence-electron chi connectivity index (χ3n) is 3.26. The van der Waals surface area contributed by atoms with Crippen molar-refractivity contribution in [3.05, 3.63) is 28.2 Å². The molecule has 0 aromatic heterocycles. The molecule has 102 valence electrons. The van der Waals surface area contributed by atoms with Crippen LogP contribution in [0.15, 0.2) is 18.2 Å². The van der Waals surface area contributed by atoms with Crippen LogP contribution in [0.25, 0.3) is 0 Å². The first-order valence-electron chi connectivity index (χ1n) is 5.58. The zero-order valence-electron chi connectivity index (χ0n) is 9.64. The molecule has 0 unspecified atom stereocenters. The molecule has 19 heavy (non-hydrogen) atoms. The summed E-state index contributed by atoms with van der Waals surface area (Å²) in [5.41, 5.74) is 0.535. The second-order valence-electron chi connectivity index (χ2n) is 4.55. The van der Waals surface area contributed by atoms with Gasteiger partial charge in [0.15, 0.2) is 15.0 Å². The van der Waals surface area contributed by atoms with E-state index in [1.54, 1.807) is 23.1 Å². The number of nitrogens with zero attached hydrogens (tertiary/aromatic N) is 1. The number of fused-ring (bicyclic) bond motifs is 1. The van der Waals surface area contributed by atoms with E-state index in [0.717, 1.165) is 0 Å². The molecule has 2 aliphatic heterocycles. The number of sulfone groups is 1. The molecule has 3 rings (SSSR count). The van der Waals surface area contributed by atoms with Crippen molar-refractivity contribution in [3.8, 4) is 0 Å². The molecule has 2 heterocycles. The van der Waals surface area contributed by atoms with Crippen LogP contribution in [0.2, 0.25) is 10.0 Å². The Morgan fingerprint density at radius 2 is 1.89 bits per heavy atom. The minimum absolute atomic E-state index is 0.0502. The molecular formula is C11H10Cl2N2O2S2. The number of hydrogen-bond donors (Lipinski definition) is 1. The summed E-state index contributed by atoms with van der Waals surface area (Å²) in [6, 6.07) is 4.86. The highest BCUT2D eigenvalue weighted by Gasteiger charge is 2.49. The summed E-state index contributed by atoms with van der Waals surface area (Å²) in [5, 5.41) is 9.11. The second-order valence-corrected chi connectivity index (χ2v) is 8.74. The second kappa shape index (κ2) is 4.55. The van der Waals surface area contributed by atoms with Crippen molar-refractivity contribution < 1.29 is 8.42 Å². The Morgan fingerprint density at radius 1 is 1.26 bits per heavy atom. The molecule has 2 atom stereocenters. The Kier molecular flexibility index (Phi) is 3.24. The highest BCUT2D eigenvalue weighted by Crippen LogP contribution is 2.44. The molecule has 8 heteroatoms. The summed E-state index contributed by atoms with van der Waals surface area (Å²) in [5.74, 6) is 0.165. The van der Waals surface area contributed by atoms with Crippen LogP contribution in [0.4, 0.5) is 5.69 Å². The van der Waals surface area contributed by atoms with Gasteiger partial charge in [-0.05, 0) is 12.1 Å². The monoisotopic (exact) mass is 336 g/mol. The lowest BCUT2D eigenvalue weighted by Gasteiger charge is -2.25. The van der Waals surface area contributed by atoms with Gasteiger partial charge in [-0.25, -0.2) is 8.42 Å². The van der Waals surface area contributed by atoms with Crippen LogP contribution >= 0.6 is 35.0 Å². The normalized spacial score (nSPS) is 28.7. The van der Waals surface area contributed by atoms with E-state index >= 15 is 0 Å².